The highest BCUT2D eigenvalue weighted by Gasteiger charge is 2.22. The van der Waals surface area contributed by atoms with E-state index in [-0.39, 0.29) is 11.1 Å². The average Bonchev–Trinajstić information content (AvgIpc) is 2.62. The van der Waals surface area contributed by atoms with Crippen LogP contribution in [0, 0.1) is 11.7 Å². The van der Waals surface area contributed by atoms with E-state index in [2.05, 4.69) is 28.7 Å². The van der Waals surface area contributed by atoms with Crippen LogP contribution in [0.2, 0.25) is 0 Å². The molecule has 0 unspecified atom stereocenters. The molecule has 1 aliphatic heterocycles. The third kappa shape index (κ3) is 4.25. The quantitative estimate of drug-likeness (QED) is 0.885. The summed E-state index contributed by atoms with van der Waals surface area (Å²) in [6.45, 7) is 6.62. The van der Waals surface area contributed by atoms with Crippen molar-refractivity contribution in [1.29, 1.82) is 0 Å². The highest BCUT2D eigenvalue weighted by atomic mass is 19.1. The number of carboxylic acid groups (broad SMARTS) is 1. The van der Waals surface area contributed by atoms with Crippen LogP contribution in [0.1, 0.15) is 42.7 Å². The molecule has 1 fully saturated rings. The summed E-state index contributed by atoms with van der Waals surface area (Å²) >= 11 is 0. The van der Waals surface area contributed by atoms with Gasteiger partial charge in [-0.05, 0) is 76.4 Å². The van der Waals surface area contributed by atoms with Crippen LogP contribution in [0.3, 0.4) is 0 Å². The van der Waals surface area contributed by atoms with Gasteiger partial charge in [-0.3, -0.25) is 0 Å². The Labute approximate surface area is 152 Å². The zero-order valence-electron chi connectivity index (χ0n) is 15.2. The lowest BCUT2D eigenvalue weighted by atomic mass is 9.91. The molecule has 1 aromatic carbocycles. The Bertz CT molecular complexity index is 786. The molecule has 6 heteroatoms. The van der Waals surface area contributed by atoms with Crippen molar-refractivity contribution in [3.8, 4) is 11.3 Å². The first kappa shape index (κ1) is 18.5. The minimum absolute atomic E-state index is 0.0429. The van der Waals surface area contributed by atoms with Gasteiger partial charge in [0.1, 0.15) is 12.1 Å². The number of likely N-dealkylation sites (tertiary alicyclic amines) is 1. The van der Waals surface area contributed by atoms with Gasteiger partial charge in [-0.1, -0.05) is 0 Å². The van der Waals surface area contributed by atoms with Crippen molar-refractivity contribution >= 4 is 5.97 Å². The zero-order valence-corrected chi connectivity index (χ0v) is 15.2. The fourth-order valence-corrected chi connectivity index (χ4v) is 3.54. The first-order chi connectivity index (χ1) is 12.4. The highest BCUT2D eigenvalue weighted by Crippen LogP contribution is 2.26. The van der Waals surface area contributed by atoms with E-state index < -0.39 is 11.8 Å². The van der Waals surface area contributed by atoms with E-state index in [1.165, 1.54) is 18.5 Å². The average molecular weight is 357 g/mol. The van der Waals surface area contributed by atoms with Crippen molar-refractivity contribution in [2.45, 2.75) is 39.2 Å². The predicted molar refractivity (Wildman–Crippen MR) is 97.5 cm³/mol. The number of hydrogen-bond donors (Lipinski definition) is 1. The van der Waals surface area contributed by atoms with Gasteiger partial charge in [0.15, 0.2) is 0 Å². The predicted octanol–water partition coefficient (Wildman–Crippen LogP) is 3.64. The van der Waals surface area contributed by atoms with E-state index in [0.29, 0.717) is 17.7 Å². The van der Waals surface area contributed by atoms with E-state index in [1.807, 2.05) is 0 Å². The molecular formula is C20H24FN3O2. The molecule has 0 bridgehead atoms. The Hall–Kier alpha value is -2.34. The number of halogens is 1. The molecule has 0 aliphatic carbocycles. The Morgan fingerprint density at radius 2 is 2.00 bits per heavy atom. The van der Waals surface area contributed by atoms with Crippen LogP contribution in [0.4, 0.5) is 4.39 Å². The van der Waals surface area contributed by atoms with Crippen LogP contribution in [0.15, 0.2) is 30.6 Å². The van der Waals surface area contributed by atoms with Crippen LogP contribution >= 0.6 is 0 Å². The van der Waals surface area contributed by atoms with Gasteiger partial charge in [0.05, 0.1) is 11.3 Å². The van der Waals surface area contributed by atoms with Crippen molar-refractivity contribution in [1.82, 2.24) is 14.9 Å². The summed E-state index contributed by atoms with van der Waals surface area (Å²) in [6.07, 6.45) is 4.51. The third-order valence-corrected chi connectivity index (χ3v) is 5.09. The third-order valence-electron chi connectivity index (χ3n) is 5.09. The van der Waals surface area contributed by atoms with Crippen LogP contribution in [0.5, 0.6) is 0 Å². The molecule has 0 radical (unpaired) electrons. The lowest BCUT2D eigenvalue weighted by molar-refractivity contribution is 0.0697. The summed E-state index contributed by atoms with van der Waals surface area (Å²) in [5.41, 5.74) is 1.65. The van der Waals surface area contributed by atoms with E-state index in [4.69, 9.17) is 0 Å². The molecule has 0 saturated carbocycles. The summed E-state index contributed by atoms with van der Waals surface area (Å²) in [7, 11) is 0. The molecule has 1 N–H and O–H groups in total. The summed E-state index contributed by atoms with van der Waals surface area (Å²) in [4.78, 5) is 22.4. The summed E-state index contributed by atoms with van der Waals surface area (Å²) in [6, 6.07) is 6.00. The smallest absolute Gasteiger partial charge is 0.336 e. The maximum atomic E-state index is 13.6. The number of piperidine rings is 1. The van der Waals surface area contributed by atoms with Gasteiger partial charge >= 0.3 is 5.97 Å². The maximum absolute atomic E-state index is 13.6. The number of rotatable bonds is 5. The minimum Gasteiger partial charge on any atom is -0.478 e. The second-order valence-electron chi connectivity index (χ2n) is 7.17. The Kier molecular flexibility index (Phi) is 5.61. The van der Waals surface area contributed by atoms with Crippen molar-refractivity contribution < 1.29 is 14.3 Å². The number of benzene rings is 1. The molecule has 3 rings (SSSR count). The number of nitrogens with zero attached hydrogens (tertiary/aromatic N) is 3. The molecule has 5 nitrogen and oxygen atoms in total. The van der Waals surface area contributed by atoms with Gasteiger partial charge in [-0.2, -0.15) is 0 Å². The van der Waals surface area contributed by atoms with Gasteiger partial charge < -0.3 is 10.0 Å². The van der Waals surface area contributed by atoms with Crippen molar-refractivity contribution in [2.75, 3.05) is 13.1 Å². The summed E-state index contributed by atoms with van der Waals surface area (Å²) in [5, 5.41) is 9.35. The molecule has 0 spiro atoms. The number of aromatic nitrogens is 2. The molecule has 138 valence electrons. The van der Waals surface area contributed by atoms with E-state index in [0.717, 1.165) is 44.1 Å². The van der Waals surface area contributed by atoms with Crippen LogP contribution in [-0.4, -0.2) is 45.1 Å². The van der Waals surface area contributed by atoms with Crippen LogP contribution in [-0.2, 0) is 6.42 Å². The van der Waals surface area contributed by atoms with Gasteiger partial charge in [0, 0.05) is 17.3 Å². The Morgan fingerprint density at radius 3 is 2.65 bits per heavy atom. The Morgan fingerprint density at radius 1 is 1.27 bits per heavy atom. The number of hydrogen-bond acceptors (Lipinski definition) is 4. The standard InChI is InChI=1S/C20H24FN3O2/c1-13(2)24-7-5-14(6-8-24)9-16-11-19(23-12-22-16)18-10-15(21)3-4-17(18)20(25)26/h3-4,10-14H,5-9H2,1-2H3,(H,25,26). The highest BCUT2D eigenvalue weighted by molar-refractivity contribution is 5.95. The van der Waals surface area contributed by atoms with Gasteiger partial charge in [-0.15, -0.1) is 0 Å². The largest absolute Gasteiger partial charge is 0.478 e. The minimum atomic E-state index is -1.10. The number of aromatic carboxylic acids is 1. The SMILES string of the molecule is CC(C)N1CCC(Cc2cc(-c3cc(F)ccc3C(=O)O)ncn2)CC1. The second kappa shape index (κ2) is 7.91. The molecule has 1 saturated heterocycles. The Balaban J connectivity index is 1.78. The van der Waals surface area contributed by atoms with E-state index in [1.54, 1.807) is 6.07 Å². The summed E-state index contributed by atoms with van der Waals surface area (Å²) < 4.78 is 13.6. The van der Waals surface area contributed by atoms with E-state index >= 15 is 0 Å². The maximum Gasteiger partial charge on any atom is 0.336 e. The monoisotopic (exact) mass is 357 g/mol. The molecule has 2 aromatic rings. The van der Waals surface area contributed by atoms with Crippen molar-refractivity contribution in [2.24, 2.45) is 5.92 Å². The lowest BCUT2D eigenvalue weighted by Crippen LogP contribution is -2.38. The van der Waals surface area contributed by atoms with Gasteiger partial charge in [0.2, 0.25) is 0 Å². The molecule has 26 heavy (non-hydrogen) atoms. The van der Waals surface area contributed by atoms with Gasteiger partial charge in [0.25, 0.3) is 0 Å². The number of carbonyl (C=O) groups is 1. The fraction of sp³-hybridized carbons (Fsp3) is 0.450. The molecule has 1 aliphatic rings. The normalized spacial score (nSPS) is 16.2. The molecule has 0 atom stereocenters. The number of carboxylic acids is 1. The molecular weight excluding hydrogens is 333 g/mol. The zero-order chi connectivity index (χ0) is 18.7. The fourth-order valence-electron chi connectivity index (χ4n) is 3.54. The van der Waals surface area contributed by atoms with Crippen LogP contribution in [0.25, 0.3) is 11.3 Å². The van der Waals surface area contributed by atoms with Crippen molar-refractivity contribution in [3.05, 3.63) is 47.7 Å². The first-order valence-corrected chi connectivity index (χ1v) is 9.02. The second-order valence-corrected chi connectivity index (χ2v) is 7.17. The topological polar surface area (TPSA) is 66.3 Å². The van der Waals surface area contributed by atoms with Crippen LogP contribution < -0.4 is 0 Å². The van der Waals surface area contributed by atoms with Crippen molar-refractivity contribution in [3.63, 3.8) is 0 Å². The first-order valence-electron chi connectivity index (χ1n) is 9.02. The lowest BCUT2D eigenvalue weighted by Gasteiger charge is -2.34. The summed E-state index contributed by atoms with van der Waals surface area (Å²) in [5.74, 6) is -1.02. The molecule has 1 aromatic heterocycles. The molecule has 2 heterocycles. The van der Waals surface area contributed by atoms with E-state index in [9.17, 15) is 14.3 Å². The molecule has 0 amide bonds. The van der Waals surface area contributed by atoms with Gasteiger partial charge in [-0.25, -0.2) is 19.2 Å².